The van der Waals surface area contributed by atoms with Gasteiger partial charge in [-0.3, -0.25) is 9.59 Å². The summed E-state index contributed by atoms with van der Waals surface area (Å²) in [5.41, 5.74) is 0.732. The smallest absolute Gasteiger partial charge is 0.410 e. The van der Waals surface area contributed by atoms with E-state index in [0.29, 0.717) is 25.0 Å². The van der Waals surface area contributed by atoms with Crippen LogP contribution in [0.25, 0.3) is 0 Å². The SMILES string of the molecule is CC1C=CC2=C(C1)N(C)C(=O)[C@@H](NC(=O)c1nc3n(n1)[C@H](C(F)(F)F)CCC3)CO2. The third kappa shape index (κ3) is 3.68. The Morgan fingerprint density at radius 3 is 2.87 bits per heavy atom. The van der Waals surface area contributed by atoms with Crippen LogP contribution >= 0.6 is 0 Å². The number of carbonyl (C=O) groups is 2. The lowest BCUT2D eigenvalue weighted by Gasteiger charge is -2.25. The summed E-state index contributed by atoms with van der Waals surface area (Å²) in [5.74, 6) is -0.622. The Balaban J connectivity index is 1.51. The fourth-order valence-corrected chi connectivity index (χ4v) is 3.94. The lowest BCUT2D eigenvalue weighted by Crippen LogP contribution is -2.48. The minimum atomic E-state index is -4.47. The summed E-state index contributed by atoms with van der Waals surface area (Å²) in [5, 5.41) is 6.31. The number of alkyl halides is 3. The van der Waals surface area contributed by atoms with Gasteiger partial charge < -0.3 is 15.0 Å². The van der Waals surface area contributed by atoms with Crippen LogP contribution in [0.1, 0.15) is 48.7 Å². The van der Waals surface area contributed by atoms with Crippen LogP contribution in [0, 0.1) is 5.92 Å². The number of amides is 2. The number of hydrogen-bond donors (Lipinski definition) is 1. The molecule has 2 amide bonds. The molecule has 0 fully saturated rings. The molecule has 0 radical (unpaired) electrons. The van der Waals surface area contributed by atoms with E-state index in [2.05, 4.69) is 15.4 Å². The number of nitrogens with one attached hydrogen (secondary N) is 1. The van der Waals surface area contributed by atoms with Crippen LogP contribution in [0.2, 0.25) is 0 Å². The van der Waals surface area contributed by atoms with Crippen LogP contribution in [-0.2, 0) is 16.0 Å². The van der Waals surface area contributed by atoms with Crippen LogP contribution in [0.15, 0.2) is 23.6 Å². The van der Waals surface area contributed by atoms with Crippen molar-refractivity contribution < 1.29 is 27.5 Å². The summed E-state index contributed by atoms with van der Waals surface area (Å²) in [6.07, 6.45) is 0.452. The van der Waals surface area contributed by atoms with Crippen molar-refractivity contribution >= 4 is 11.8 Å². The molecule has 8 nitrogen and oxygen atoms in total. The first kappa shape index (κ1) is 20.4. The molecule has 0 saturated carbocycles. The molecule has 1 aromatic heterocycles. The largest absolute Gasteiger partial charge is 0.489 e. The minimum absolute atomic E-state index is 0.0921. The first-order chi connectivity index (χ1) is 14.1. The van der Waals surface area contributed by atoms with Gasteiger partial charge in [0.15, 0.2) is 0 Å². The summed E-state index contributed by atoms with van der Waals surface area (Å²) < 4.78 is 46.2. The second kappa shape index (κ2) is 7.44. The number of rotatable bonds is 2. The van der Waals surface area contributed by atoms with Gasteiger partial charge in [-0.15, -0.1) is 5.10 Å². The van der Waals surface area contributed by atoms with Gasteiger partial charge in [-0.2, -0.15) is 13.2 Å². The summed E-state index contributed by atoms with van der Waals surface area (Å²) in [4.78, 5) is 30.9. The number of fused-ring (bicyclic) bond motifs is 1. The zero-order valence-electron chi connectivity index (χ0n) is 16.6. The van der Waals surface area contributed by atoms with Crippen molar-refractivity contribution in [1.29, 1.82) is 0 Å². The molecule has 3 aliphatic rings. The van der Waals surface area contributed by atoms with Crippen molar-refractivity contribution in [3.63, 3.8) is 0 Å². The maximum atomic E-state index is 13.2. The fourth-order valence-electron chi connectivity index (χ4n) is 3.94. The molecule has 1 aromatic rings. The van der Waals surface area contributed by atoms with Crippen molar-refractivity contribution in [2.45, 2.75) is 50.9 Å². The normalized spacial score (nSPS) is 26.6. The molecule has 0 bridgehead atoms. The Kier molecular flexibility index (Phi) is 5.07. The predicted octanol–water partition coefficient (Wildman–Crippen LogP) is 2.11. The van der Waals surface area contributed by atoms with Gasteiger partial charge in [-0.1, -0.05) is 13.0 Å². The third-order valence-corrected chi connectivity index (χ3v) is 5.58. The van der Waals surface area contributed by atoms with E-state index in [-0.39, 0.29) is 36.5 Å². The highest BCUT2D eigenvalue weighted by atomic mass is 19.4. The van der Waals surface area contributed by atoms with Crippen LogP contribution in [-0.4, -0.2) is 57.4 Å². The number of carbonyl (C=O) groups excluding carboxylic acids is 2. The van der Waals surface area contributed by atoms with Gasteiger partial charge in [0.25, 0.3) is 11.8 Å². The molecule has 0 aromatic carbocycles. The molecule has 1 aliphatic carbocycles. The van der Waals surface area contributed by atoms with Gasteiger partial charge in [0, 0.05) is 13.5 Å². The summed E-state index contributed by atoms with van der Waals surface area (Å²) in [6, 6.07) is -2.80. The molecular weight excluding hydrogens is 403 g/mol. The van der Waals surface area contributed by atoms with Gasteiger partial charge in [0.2, 0.25) is 5.82 Å². The molecular formula is C19H22F3N5O3. The first-order valence-electron chi connectivity index (χ1n) is 9.80. The van der Waals surface area contributed by atoms with E-state index in [1.165, 1.54) is 4.90 Å². The van der Waals surface area contributed by atoms with Gasteiger partial charge in [-0.05, 0) is 31.3 Å². The highest BCUT2D eigenvalue weighted by Crippen LogP contribution is 2.37. The zero-order valence-corrected chi connectivity index (χ0v) is 16.6. The number of nitrogens with zero attached hydrogens (tertiary/aromatic N) is 4. The van der Waals surface area contributed by atoms with Crippen LogP contribution in [0.4, 0.5) is 13.2 Å². The average molecular weight is 425 g/mol. The van der Waals surface area contributed by atoms with Crippen molar-refractivity contribution in [2.75, 3.05) is 13.7 Å². The Bertz CT molecular complexity index is 936. The monoisotopic (exact) mass is 425 g/mol. The van der Waals surface area contributed by atoms with Gasteiger partial charge in [0.05, 0.1) is 5.70 Å². The standard InChI is InChI=1S/C19H22F3N5O3/c1-10-6-7-13-12(8-10)26(2)18(29)11(9-30-13)23-17(28)16-24-15-5-3-4-14(19(20,21)22)27(15)25-16/h6-7,10-11,14H,3-5,8-9H2,1-2H3,(H,23,28)/t10?,11-,14-/m0/s1. The Morgan fingerprint density at radius 1 is 1.37 bits per heavy atom. The van der Waals surface area contributed by atoms with Crippen molar-refractivity contribution in [3.05, 3.63) is 35.3 Å². The molecule has 0 spiro atoms. The van der Waals surface area contributed by atoms with Gasteiger partial charge in [-0.25, -0.2) is 9.67 Å². The van der Waals surface area contributed by atoms with E-state index in [1.807, 2.05) is 13.0 Å². The summed E-state index contributed by atoms with van der Waals surface area (Å²) in [7, 11) is 1.61. The highest BCUT2D eigenvalue weighted by molar-refractivity contribution is 5.95. The molecule has 1 N–H and O–H groups in total. The lowest BCUT2D eigenvalue weighted by molar-refractivity contribution is -0.174. The van der Waals surface area contributed by atoms with E-state index in [9.17, 15) is 22.8 Å². The summed E-state index contributed by atoms with van der Waals surface area (Å²) >= 11 is 0. The lowest BCUT2D eigenvalue weighted by atomic mass is 9.98. The topological polar surface area (TPSA) is 89.4 Å². The number of hydrogen-bond acceptors (Lipinski definition) is 5. The first-order valence-corrected chi connectivity index (χ1v) is 9.80. The molecule has 11 heteroatoms. The van der Waals surface area contributed by atoms with Crippen molar-refractivity contribution in [3.8, 4) is 0 Å². The van der Waals surface area contributed by atoms with E-state index in [1.54, 1.807) is 13.1 Å². The molecule has 30 heavy (non-hydrogen) atoms. The second-order valence-corrected chi connectivity index (χ2v) is 7.83. The van der Waals surface area contributed by atoms with E-state index in [0.717, 1.165) is 10.4 Å². The number of allylic oxidation sites excluding steroid dienone is 3. The molecule has 3 atom stereocenters. The number of aromatic nitrogens is 3. The maximum Gasteiger partial charge on any atom is 0.410 e. The van der Waals surface area contributed by atoms with E-state index >= 15 is 0 Å². The van der Waals surface area contributed by atoms with Gasteiger partial charge >= 0.3 is 6.18 Å². The Labute approximate surface area is 170 Å². The molecule has 2 aliphatic heterocycles. The molecule has 4 rings (SSSR count). The number of aryl methyl sites for hydroxylation is 1. The number of ether oxygens (including phenoxy) is 1. The number of halogens is 3. The molecule has 0 saturated heterocycles. The molecule has 162 valence electrons. The number of likely N-dealkylation sites (N-methyl/N-ethyl adjacent to an activating group) is 1. The van der Waals surface area contributed by atoms with Crippen LogP contribution in [0.3, 0.4) is 0 Å². The molecule has 1 unspecified atom stereocenters. The van der Waals surface area contributed by atoms with Gasteiger partial charge in [0.1, 0.15) is 30.3 Å². The third-order valence-electron chi connectivity index (χ3n) is 5.58. The van der Waals surface area contributed by atoms with Crippen molar-refractivity contribution in [2.24, 2.45) is 5.92 Å². The predicted molar refractivity (Wildman–Crippen MR) is 98.0 cm³/mol. The zero-order chi connectivity index (χ0) is 21.6. The Morgan fingerprint density at radius 2 is 2.13 bits per heavy atom. The Hall–Kier alpha value is -2.85. The van der Waals surface area contributed by atoms with E-state index in [4.69, 9.17) is 4.74 Å². The fraction of sp³-hybridized carbons (Fsp3) is 0.579. The quantitative estimate of drug-likeness (QED) is 0.784. The van der Waals surface area contributed by atoms with Crippen LogP contribution < -0.4 is 5.32 Å². The summed E-state index contributed by atoms with van der Waals surface area (Å²) in [6.45, 7) is 1.92. The van der Waals surface area contributed by atoms with E-state index < -0.39 is 24.2 Å². The van der Waals surface area contributed by atoms with Crippen LogP contribution in [0.5, 0.6) is 0 Å². The highest BCUT2D eigenvalue weighted by Gasteiger charge is 2.44. The minimum Gasteiger partial charge on any atom is -0.489 e. The van der Waals surface area contributed by atoms with Crippen molar-refractivity contribution in [1.82, 2.24) is 25.0 Å². The molecule has 3 heterocycles. The maximum absolute atomic E-state index is 13.2. The average Bonchev–Trinajstić information content (AvgIpc) is 3.09. The second-order valence-electron chi connectivity index (χ2n) is 7.83.